The lowest BCUT2D eigenvalue weighted by Gasteiger charge is -2.07. The molecule has 1 heterocycles. The first kappa shape index (κ1) is 21.1. The summed E-state index contributed by atoms with van der Waals surface area (Å²) in [4.78, 5) is 23.8. The van der Waals surface area contributed by atoms with E-state index in [1.807, 2.05) is 37.3 Å². The van der Waals surface area contributed by atoms with Gasteiger partial charge in [-0.15, -0.1) is 0 Å². The summed E-state index contributed by atoms with van der Waals surface area (Å²) in [6.45, 7) is 2.62. The Kier molecular flexibility index (Phi) is 7.60. The van der Waals surface area contributed by atoms with Crippen molar-refractivity contribution in [3.8, 4) is 5.75 Å². The summed E-state index contributed by atoms with van der Waals surface area (Å²) in [5, 5.41) is 9.45. The zero-order valence-corrected chi connectivity index (χ0v) is 16.9. The highest BCUT2D eigenvalue weighted by atomic mass is 16.5. The van der Waals surface area contributed by atoms with Gasteiger partial charge in [-0.1, -0.05) is 42.4 Å². The van der Waals surface area contributed by atoms with E-state index in [0.29, 0.717) is 24.5 Å². The third kappa shape index (κ3) is 6.48. The highest BCUT2D eigenvalue weighted by Gasteiger charge is 2.12. The lowest BCUT2D eigenvalue weighted by molar-refractivity contribution is -0.116. The molecule has 0 radical (unpaired) electrons. The maximum Gasteiger partial charge on any atom is 0.273 e. The number of benzene rings is 2. The van der Waals surface area contributed by atoms with Crippen molar-refractivity contribution in [2.45, 2.75) is 32.8 Å². The molecule has 0 aliphatic rings. The molecule has 0 unspecified atom stereocenters. The van der Waals surface area contributed by atoms with Gasteiger partial charge in [-0.25, -0.2) is 0 Å². The van der Waals surface area contributed by atoms with Crippen LogP contribution in [0.5, 0.6) is 5.75 Å². The van der Waals surface area contributed by atoms with Crippen molar-refractivity contribution >= 4 is 17.5 Å². The van der Waals surface area contributed by atoms with Crippen LogP contribution >= 0.6 is 0 Å². The molecule has 2 amide bonds. The molecular formula is C23H25N3O4. The number of carbonyl (C=O) groups is 2. The number of carbonyl (C=O) groups excluding carboxylic acids is 2. The van der Waals surface area contributed by atoms with Gasteiger partial charge < -0.3 is 19.9 Å². The predicted molar refractivity (Wildman–Crippen MR) is 113 cm³/mol. The molecule has 0 aliphatic heterocycles. The fourth-order valence-electron chi connectivity index (χ4n) is 2.78. The van der Waals surface area contributed by atoms with Gasteiger partial charge >= 0.3 is 0 Å². The van der Waals surface area contributed by atoms with Crippen LogP contribution in [-0.2, 0) is 17.8 Å². The molecule has 0 saturated carbocycles. The van der Waals surface area contributed by atoms with Gasteiger partial charge in [0.1, 0.15) is 12.4 Å². The van der Waals surface area contributed by atoms with Crippen LogP contribution in [0.2, 0.25) is 0 Å². The van der Waals surface area contributed by atoms with Gasteiger partial charge in [0.25, 0.3) is 5.91 Å². The number of rotatable bonds is 10. The molecule has 0 aliphatic carbocycles. The number of ether oxygens (including phenoxy) is 1. The molecule has 30 heavy (non-hydrogen) atoms. The largest absolute Gasteiger partial charge is 0.486 e. The van der Waals surface area contributed by atoms with Crippen molar-refractivity contribution in [2.75, 3.05) is 11.9 Å². The first-order chi connectivity index (χ1) is 14.6. The van der Waals surface area contributed by atoms with E-state index in [9.17, 15) is 9.59 Å². The molecule has 2 N–H and O–H groups in total. The zero-order valence-electron chi connectivity index (χ0n) is 16.9. The molecular weight excluding hydrogens is 382 g/mol. The topological polar surface area (TPSA) is 93.5 Å². The minimum Gasteiger partial charge on any atom is -0.486 e. The highest BCUT2D eigenvalue weighted by Crippen LogP contribution is 2.17. The molecule has 0 saturated heterocycles. The summed E-state index contributed by atoms with van der Waals surface area (Å²) in [7, 11) is 0. The summed E-state index contributed by atoms with van der Waals surface area (Å²) in [6, 6.07) is 18.6. The van der Waals surface area contributed by atoms with E-state index in [-0.39, 0.29) is 24.1 Å². The smallest absolute Gasteiger partial charge is 0.273 e. The Morgan fingerprint density at radius 3 is 2.57 bits per heavy atom. The number of amides is 2. The molecule has 0 bridgehead atoms. The van der Waals surface area contributed by atoms with Crippen LogP contribution in [0.25, 0.3) is 0 Å². The van der Waals surface area contributed by atoms with E-state index in [0.717, 1.165) is 24.1 Å². The predicted octanol–water partition coefficient (Wildman–Crippen LogP) is 3.96. The van der Waals surface area contributed by atoms with Crippen LogP contribution in [0.3, 0.4) is 0 Å². The van der Waals surface area contributed by atoms with Crippen molar-refractivity contribution in [3.05, 3.63) is 77.7 Å². The molecule has 3 rings (SSSR count). The fourth-order valence-corrected chi connectivity index (χ4v) is 2.78. The Hall–Kier alpha value is -3.61. The molecule has 0 fully saturated rings. The van der Waals surface area contributed by atoms with Gasteiger partial charge in [0.2, 0.25) is 5.91 Å². The first-order valence-corrected chi connectivity index (χ1v) is 9.94. The Bertz CT molecular complexity index is 952. The van der Waals surface area contributed by atoms with E-state index >= 15 is 0 Å². The van der Waals surface area contributed by atoms with E-state index < -0.39 is 0 Å². The summed E-state index contributed by atoms with van der Waals surface area (Å²) in [5.74, 6) is 0.771. The van der Waals surface area contributed by atoms with Crippen molar-refractivity contribution in [3.63, 3.8) is 0 Å². The lowest BCUT2D eigenvalue weighted by atomic mass is 10.1. The Labute approximate surface area is 175 Å². The molecule has 7 nitrogen and oxygen atoms in total. The van der Waals surface area contributed by atoms with Crippen LogP contribution in [-0.4, -0.2) is 23.5 Å². The number of nitrogens with one attached hydrogen (secondary N) is 2. The zero-order chi connectivity index (χ0) is 21.2. The quantitative estimate of drug-likeness (QED) is 0.530. The van der Waals surface area contributed by atoms with E-state index in [4.69, 9.17) is 9.26 Å². The maximum atomic E-state index is 12.2. The van der Waals surface area contributed by atoms with Gasteiger partial charge in [0, 0.05) is 24.7 Å². The minimum atomic E-state index is -0.284. The Morgan fingerprint density at radius 1 is 1.07 bits per heavy atom. The van der Waals surface area contributed by atoms with Gasteiger partial charge in [-0.2, -0.15) is 0 Å². The van der Waals surface area contributed by atoms with Crippen molar-refractivity contribution < 1.29 is 18.8 Å². The summed E-state index contributed by atoms with van der Waals surface area (Å²) in [6.07, 6.45) is 2.04. The number of anilines is 1. The normalized spacial score (nSPS) is 10.4. The van der Waals surface area contributed by atoms with Crippen LogP contribution in [0.1, 0.15) is 41.6 Å². The highest BCUT2D eigenvalue weighted by molar-refractivity contribution is 5.92. The fraction of sp³-hybridized carbons (Fsp3) is 0.261. The number of hydrogen-bond donors (Lipinski definition) is 2. The molecule has 0 spiro atoms. The number of aromatic nitrogens is 1. The van der Waals surface area contributed by atoms with Crippen LogP contribution in [0.15, 0.2) is 65.2 Å². The van der Waals surface area contributed by atoms with Gasteiger partial charge in [0.05, 0.1) is 0 Å². The molecule has 0 atom stereocenters. The molecule has 2 aromatic carbocycles. The van der Waals surface area contributed by atoms with Crippen LogP contribution in [0, 0.1) is 0 Å². The SMILES string of the molecule is CCCC(=O)Nc1ccc(OCc2cc(C(=O)NCCc3ccccc3)no2)cc1. The third-order valence-electron chi connectivity index (χ3n) is 4.33. The first-order valence-electron chi connectivity index (χ1n) is 9.94. The lowest BCUT2D eigenvalue weighted by Crippen LogP contribution is -2.25. The van der Waals surface area contributed by atoms with Crippen LogP contribution in [0.4, 0.5) is 5.69 Å². The van der Waals surface area contributed by atoms with E-state index in [1.165, 1.54) is 0 Å². The second-order valence-electron chi connectivity index (χ2n) is 6.78. The Balaban J connectivity index is 1.43. The van der Waals surface area contributed by atoms with Gasteiger partial charge in [-0.05, 0) is 42.7 Å². The summed E-state index contributed by atoms with van der Waals surface area (Å²) in [5.41, 5.74) is 2.09. The van der Waals surface area contributed by atoms with Crippen molar-refractivity contribution in [2.24, 2.45) is 0 Å². The molecule has 3 aromatic rings. The maximum absolute atomic E-state index is 12.2. The average Bonchev–Trinajstić information content (AvgIpc) is 3.23. The number of nitrogens with zero attached hydrogens (tertiary/aromatic N) is 1. The minimum absolute atomic E-state index is 0.0117. The molecule has 1 aromatic heterocycles. The average molecular weight is 407 g/mol. The monoisotopic (exact) mass is 407 g/mol. The third-order valence-corrected chi connectivity index (χ3v) is 4.33. The second kappa shape index (κ2) is 10.8. The van der Waals surface area contributed by atoms with Gasteiger partial charge in [-0.3, -0.25) is 9.59 Å². The molecule has 7 heteroatoms. The van der Waals surface area contributed by atoms with E-state index in [2.05, 4.69) is 15.8 Å². The summed E-state index contributed by atoms with van der Waals surface area (Å²) >= 11 is 0. The van der Waals surface area contributed by atoms with Crippen molar-refractivity contribution in [1.82, 2.24) is 10.5 Å². The Morgan fingerprint density at radius 2 is 1.83 bits per heavy atom. The van der Waals surface area contributed by atoms with Crippen LogP contribution < -0.4 is 15.4 Å². The second-order valence-corrected chi connectivity index (χ2v) is 6.78. The van der Waals surface area contributed by atoms with E-state index in [1.54, 1.807) is 30.3 Å². The molecule has 156 valence electrons. The number of hydrogen-bond acceptors (Lipinski definition) is 5. The summed E-state index contributed by atoms with van der Waals surface area (Å²) < 4.78 is 10.8. The van der Waals surface area contributed by atoms with Gasteiger partial charge in [0.15, 0.2) is 11.5 Å². The van der Waals surface area contributed by atoms with Crippen molar-refractivity contribution in [1.29, 1.82) is 0 Å². The standard InChI is InChI=1S/C23H25N3O4/c1-2-6-22(27)25-18-9-11-19(12-10-18)29-16-20-15-21(26-30-20)23(28)24-14-13-17-7-4-3-5-8-17/h3-5,7-12,15H,2,6,13-14,16H2,1H3,(H,24,28)(H,25,27).